The molecule has 1 atom stereocenters. The molecule has 18 heavy (non-hydrogen) atoms. The third kappa shape index (κ3) is 2.60. The van der Waals surface area contributed by atoms with Crippen LogP contribution in [0.4, 0.5) is 0 Å². The van der Waals surface area contributed by atoms with Crippen molar-refractivity contribution >= 4 is 15.9 Å². The van der Waals surface area contributed by atoms with Crippen molar-refractivity contribution in [3.63, 3.8) is 0 Å². The first kappa shape index (κ1) is 13.2. The van der Waals surface area contributed by atoms with Gasteiger partial charge in [0.15, 0.2) is 0 Å². The number of aromatic nitrogens is 2. The smallest absolute Gasteiger partial charge is 0.257 e. The summed E-state index contributed by atoms with van der Waals surface area (Å²) in [7, 11) is 1.56. The standard InChI is InChI=1S/C12H14BrN3O2/c1-7-5-8(13)3-4-9(7)11-15-12(18-16-11)10(6-14)17-2/h3-5,10H,6,14H2,1-2H3. The molecule has 1 unspecified atom stereocenters. The molecule has 0 bridgehead atoms. The summed E-state index contributed by atoms with van der Waals surface area (Å²) < 4.78 is 11.3. The molecule has 0 aliphatic carbocycles. The molecule has 0 radical (unpaired) electrons. The Bertz CT molecular complexity index is 538. The van der Waals surface area contributed by atoms with Crippen LogP contribution in [0.1, 0.15) is 17.6 Å². The van der Waals surface area contributed by atoms with Crippen molar-refractivity contribution in [2.45, 2.75) is 13.0 Å². The average Bonchev–Trinajstić information content (AvgIpc) is 2.80. The van der Waals surface area contributed by atoms with E-state index < -0.39 is 0 Å². The molecule has 0 aliphatic heterocycles. The van der Waals surface area contributed by atoms with Gasteiger partial charge in [-0.1, -0.05) is 21.1 Å². The fourth-order valence-electron chi connectivity index (χ4n) is 1.65. The Labute approximate surface area is 113 Å². The molecule has 0 saturated heterocycles. The predicted molar refractivity (Wildman–Crippen MR) is 71.0 cm³/mol. The molecule has 1 heterocycles. The summed E-state index contributed by atoms with van der Waals surface area (Å²) in [4.78, 5) is 4.31. The number of methoxy groups -OCH3 is 1. The Kier molecular flexibility index (Phi) is 4.11. The van der Waals surface area contributed by atoms with E-state index in [0.717, 1.165) is 15.6 Å². The molecule has 0 fully saturated rings. The first-order chi connectivity index (χ1) is 8.65. The predicted octanol–water partition coefficient (Wildman–Crippen LogP) is 2.45. The minimum atomic E-state index is -0.359. The summed E-state index contributed by atoms with van der Waals surface area (Å²) >= 11 is 3.42. The first-order valence-corrected chi connectivity index (χ1v) is 6.28. The van der Waals surface area contributed by atoms with Gasteiger partial charge in [0.25, 0.3) is 5.89 Å². The second-order valence-electron chi connectivity index (χ2n) is 3.88. The summed E-state index contributed by atoms with van der Waals surface area (Å²) in [5, 5.41) is 3.96. The maximum Gasteiger partial charge on any atom is 0.257 e. The van der Waals surface area contributed by atoms with Gasteiger partial charge in [-0.25, -0.2) is 0 Å². The zero-order valence-corrected chi connectivity index (χ0v) is 11.8. The Morgan fingerprint density at radius 1 is 1.50 bits per heavy atom. The summed E-state index contributed by atoms with van der Waals surface area (Å²) in [5.74, 6) is 0.947. The van der Waals surface area contributed by atoms with Gasteiger partial charge in [0.2, 0.25) is 5.82 Å². The fraction of sp³-hybridized carbons (Fsp3) is 0.333. The van der Waals surface area contributed by atoms with Crippen LogP contribution in [0.25, 0.3) is 11.4 Å². The summed E-state index contributed by atoms with van der Waals surface area (Å²) in [6.45, 7) is 2.30. The highest BCUT2D eigenvalue weighted by Gasteiger charge is 2.18. The number of nitrogens with zero attached hydrogens (tertiary/aromatic N) is 2. The average molecular weight is 312 g/mol. The molecule has 0 amide bonds. The normalized spacial score (nSPS) is 12.7. The lowest BCUT2D eigenvalue weighted by atomic mass is 10.1. The highest BCUT2D eigenvalue weighted by atomic mass is 79.9. The molecule has 2 N–H and O–H groups in total. The Morgan fingerprint density at radius 3 is 2.89 bits per heavy atom. The van der Waals surface area contributed by atoms with E-state index in [4.69, 9.17) is 15.0 Å². The van der Waals surface area contributed by atoms with E-state index >= 15 is 0 Å². The monoisotopic (exact) mass is 311 g/mol. The molecular formula is C12H14BrN3O2. The van der Waals surface area contributed by atoms with Gasteiger partial charge in [-0.15, -0.1) is 0 Å². The number of benzene rings is 1. The van der Waals surface area contributed by atoms with Crippen LogP contribution in [0.15, 0.2) is 27.2 Å². The van der Waals surface area contributed by atoms with Crippen molar-refractivity contribution in [3.05, 3.63) is 34.1 Å². The van der Waals surface area contributed by atoms with Gasteiger partial charge in [-0.3, -0.25) is 0 Å². The number of hydrogen-bond donors (Lipinski definition) is 1. The number of ether oxygens (including phenoxy) is 1. The van der Waals surface area contributed by atoms with Crippen LogP contribution in [0.5, 0.6) is 0 Å². The van der Waals surface area contributed by atoms with Crippen LogP contribution >= 0.6 is 15.9 Å². The molecule has 1 aromatic heterocycles. The molecular weight excluding hydrogens is 298 g/mol. The number of nitrogens with two attached hydrogens (primary N) is 1. The number of rotatable bonds is 4. The molecule has 96 valence electrons. The quantitative estimate of drug-likeness (QED) is 0.938. The van der Waals surface area contributed by atoms with Crippen molar-refractivity contribution in [1.82, 2.24) is 10.1 Å². The molecule has 0 aliphatic rings. The molecule has 0 saturated carbocycles. The van der Waals surface area contributed by atoms with Crippen LogP contribution < -0.4 is 5.73 Å². The van der Waals surface area contributed by atoms with E-state index in [-0.39, 0.29) is 6.10 Å². The topological polar surface area (TPSA) is 74.2 Å². The minimum Gasteiger partial charge on any atom is -0.370 e. The van der Waals surface area contributed by atoms with Crippen LogP contribution in [-0.2, 0) is 4.74 Å². The van der Waals surface area contributed by atoms with E-state index in [1.807, 2.05) is 25.1 Å². The molecule has 2 aromatic rings. The van der Waals surface area contributed by atoms with Crippen LogP contribution in [0, 0.1) is 6.92 Å². The van der Waals surface area contributed by atoms with E-state index in [9.17, 15) is 0 Å². The van der Waals surface area contributed by atoms with Crippen molar-refractivity contribution < 1.29 is 9.26 Å². The first-order valence-electron chi connectivity index (χ1n) is 5.48. The molecule has 2 rings (SSSR count). The summed E-state index contributed by atoms with van der Waals surface area (Å²) in [6, 6.07) is 5.88. The van der Waals surface area contributed by atoms with Crippen LogP contribution in [-0.4, -0.2) is 23.8 Å². The Balaban J connectivity index is 2.34. The van der Waals surface area contributed by atoms with E-state index in [0.29, 0.717) is 18.3 Å². The third-order valence-corrected chi connectivity index (χ3v) is 3.14. The van der Waals surface area contributed by atoms with E-state index in [2.05, 4.69) is 26.1 Å². The Hall–Kier alpha value is -1.24. The number of aryl methyl sites for hydroxylation is 1. The van der Waals surface area contributed by atoms with E-state index in [1.165, 1.54) is 0 Å². The second kappa shape index (κ2) is 5.60. The maximum atomic E-state index is 5.55. The lowest BCUT2D eigenvalue weighted by Crippen LogP contribution is -2.14. The lowest BCUT2D eigenvalue weighted by Gasteiger charge is -2.05. The maximum absolute atomic E-state index is 5.55. The molecule has 5 nitrogen and oxygen atoms in total. The van der Waals surface area contributed by atoms with Crippen molar-refractivity contribution in [1.29, 1.82) is 0 Å². The molecule has 1 aromatic carbocycles. The highest BCUT2D eigenvalue weighted by molar-refractivity contribution is 9.10. The van der Waals surface area contributed by atoms with Gasteiger partial charge in [0.1, 0.15) is 6.10 Å². The highest BCUT2D eigenvalue weighted by Crippen LogP contribution is 2.25. The van der Waals surface area contributed by atoms with E-state index in [1.54, 1.807) is 7.11 Å². The SMILES string of the molecule is COC(CN)c1nc(-c2ccc(Br)cc2C)no1. The molecule has 6 heteroatoms. The summed E-state index contributed by atoms with van der Waals surface area (Å²) in [5.41, 5.74) is 7.55. The van der Waals surface area contributed by atoms with Gasteiger partial charge >= 0.3 is 0 Å². The fourth-order valence-corrected chi connectivity index (χ4v) is 2.13. The zero-order chi connectivity index (χ0) is 13.1. The van der Waals surface area contributed by atoms with Gasteiger partial charge in [0.05, 0.1) is 0 Å². The van der Waals surface area contributed by atoms with Crippen molar-refractivity contribution in [3.8, 4) is 11.4 Å². The van der Waals surface area contributed by atoms with Gasteiger partial charge in [-0.05, 0) is 30.7 Å². The van der Waals surface area contributed by atoms with Crippen LogP contribution in [0.3, 0.4) is 0 Å². The lowest BCUT2D eigenvalue weighted by molar-refractivity contribution is 0.0804. The van der Waals surface area contributed by atoms with Crippen molar-refractivity contribution in [2.24, 2.45) is 5.73 Å². The zero-order valence-electron chi connectivity index (χ0n) is 10.2. The number of halogens is 1. The van der Waals surface area contributed by atoms with Gasteiger partial charge in [0, 0.05) is 23.7 Å². The van der Waals surface area contributed by atoms with Gasteiger partial charge < -0.3 is 15.0 Å². The largest absolute Gasteiger partial charge is 0.370 e. The second-order valence-corrected chi connectivity index (χ2v) is 4.79. The molecule has 0 spiro atoms. The minimum absolute atomic E-state index is 0.303. The Morgan fingerprint density at radius 2 is 2.28 bits per heavy atom. The number of hydrogen-bond acceptors (Lipinski definition) is 5. The van der Waals surface area contributed by atoms with Crippen molar-refractivity contribution in [2.75, 3.05) is 13.7 Å². The third-order valence-electron chi connectivity index (χ3n) is 2.65. The van der Waals surface area contributed by atoms with Crippen LogP contribution in [0.2, 0.25) is 0 Å². The summed E-state index contributed by atoms with van der Waals surface area (Å²) in [6.07, 6.45) is -0.359. The van der Waals surface area contributed by atoms with Gasteiger partial charge in [-0.2, -0.15) is 4.98 Å².